The normalized spacial score (nSPS) is 42.9. The number of fused-ring (bicyclic) bond motifs is 1. The van der Waals surface area contributed by atoms with Gasteiger partial charge in [0, 0.05) is 23.3 Å². The van der Waals surface area contributed by atoms with E-state index in [9.17, 15) is 4.79 Å². The number of hydrazine groups is 1. The molecule has 2 aliphatic heterocycles. The summed E-state index contributed by atoms with van der Waals surface area (Å²) in [7, 11) is 0. The number of ether oxygens (including phenoxy) is 1. The Morgan fingerprint density at radius 2 is 1.86 bits per heavy atom. The second-order valence-electron chi connectivity index (χ2n) is 9.14. The first-order chi connectivity index (χ1) is 13.6. The van der Waals surface area contributed by atoms with E-state index in [4.69, 9.17) is 10.5 Å². The van der Waals surface area contributed by atoms with Crippen molar-refractivity contribution in [2.24, 2.45) is 17.6 Å². The molecule has 4 N–H and O–H groups in total. The van der Waals surface area contributed by atoms with Crippen LogP contribution in [0.15, 0.2) is 0 Å². The molecule has 2 saturated heterocycles. The van der Waals surface area contributed by atoms with Gasteiger partial charge in [0.2, 0.25) is 0 Å². The summed E-state index contributed by atoms with van der Waals surface area (Å²) in [5.41, 5.74) is 10.4. The van der Waals surface area contributed by atoms with E-state index in [-0.39, 0.29) is 30.0 Å². The number of nitrogens with one attached hydrogen (secondary N) is 2. The molecule has 0 radical (unpaired) electrons. The Labute approximate surface area is 174 Å². The van der Waals surface area contributed by atoms with Gasteiger partial charge in [0.15, 0.2) is 0 Å². The van der Waals surface area contributed by atoms with Crippen LogP contribution < -0.4 is 16.5 Å². The van der Waals surface area contributed by atoms with Crippen molar-refractivity contribution in [1.82, 2.24) is 15.8 Å². The number of hydrogen-bond donors (Lipinski definition) is 3. The third-order valence-electron chi connectivity index (χ3n) is 7.40. The van der Waals surface area contributed by atoms with Gasteiger partial charge in [-0.3, -0.25) is 4.79 Å². The van der Waals surface area contributed by atoms with E-state index in [2.05, 4.69) is 34.4 Å². The molecule has 0 aromatic rings. The molecule has 4 aliphatic rings. The quantitative estimate of drug-likeness (QED) is 0.615. The first-order valence-corrected chi connectivity index (χ1v) is 12.4. The minimum atomic E-state index is -0.309. The van der Waals surface area contributed by atoms with E-state index < -0.39 is 0 Å². The number of carbonyl (C=O) groups excluding carboxylic acids is 1. The zero-order valence-corrected chi connectivity index (χ0v) is 18.3. The first-order valence-electron chi connectivity index (χ1n) is 11.5. The Morgan fingerprint density at radius 1 is 1.14 bits per heavy atom. The van der Waals surface area contributed by atoms with Gasteiger partial charge >= 0.3 is 5.97 Å². The van der Waals surface area contributed by atoms with Gasteiger partial charge in [-0.05, 0) is 38.5 Å². The second-order valence-corrected chi connectivity index (χ2v) is 10.5. The zero-order chi connectivity index (χ0) is 19.7. The van der Waals surface area contributed by atoms with Gasteiger partial charge in [-0.2, -0.15) is 0 Å². The number of nitrogens with zero attached hydrogens (tertiary/aromatic N) is 1. The highest BCUT2D eigenvalue weighted by Gasteiger charge is 2.51. The predicted octanol–water partition coefficient (Wildman–Crippen LogP) is 2.58. The van der Waals surface area contributed by atoms with Gasteiger partial charge in [0.05, 0.1) is 18.1 Å². The topological polar surface area (TPSA) is 79.6 Å². The molecule has 2 heterocycles. The molecular formula is C21H38N4O2S. The minimum Gasteiger partial charge on any atom is -0.465 e. The van der Waals surface area contributed by atoms with Gasteiger partial charge in [0.1, 0.15) is 6.04 Å². The standard InChI is InChI=1S/C21H38N4O2S/c1-3-27-21(26)18-13(2)17(20-23-15-11-7-8-12-16(15)28-20)19(22)25(24-18)14-9-5-4-6-10-14/h13-20,23-24H,3-12,22H2,1-2H3. The van der Waals surface area contributed by atoms with Gasteiger partial charge in [-0.25, -0.2) is 10.4 Å². The average Bonchev–Trinajstić information content (AvgIpc) is 3.12. The molecule has 0 aromatic heterocycles. The van der Waals surface area contributed by atoms with Crippen molar-refractivity contribution in [3.63, 3.8) is 0 Å². The molecule has 0 amide bonds. The molecule has 6 nitrogen and oxygen atoms in total. The molecule has 2 aliphatic carbocycles. The largest absolute Gasteiger partial charge is 0.465 e. The van der Waals surface area contributed by atoms with E-state index in [1.807, 2.05) is 6.92 Å². The maximum Gasteiger partial charge on any atom is 0.324 e. The van der Waals surface area contributed by atoms with Crippen LogP contribution in [-0.4, -0.2) is 52.5 Å². The van der Waals surface area contributed by atoms with Gasteiger partial charge in [-0.1, -0.05) is 39.0 Å². The first kappa shape index (κ1) is 20.9. The Morgan fingerprint density at radius 3 is 2.57 bits per heavy atom. The fourth-order valence-electron chi connectivity index (χ4n) is 5.84. The maximum absolute atomic E-state index is 12.8. The number of hydrogen-bond acceptors (Lipinski definition) is 7. The molecule has 7 atom stereocenters. The van der Waals surface area contributed by atoms with Gasteiger partial charge in [0.25, 0.3) is 0 Å². The van der Waals surface area contributed by atoms with Gasteiger partial charge < -0.3 is 15.8 Å². The SMILES string of the molecule is CCOC(=O)C1NN(C2CCCCC2)C(N)C(C2NC3CCCCC3S2)C1C. The van der Waals surface area contributed by atoms with Crippen LogP contribution in [0.5, 0.6) is 0 Å². The lowest BCUT2D eigenvalue weighted by Crippen LogP contribution is -2.72. The molecule has 4 rings (SSSR count). The van der Waals surface area contributed by atoms with Crippen molar-refractivity contribution >= 4 is 17.7 Å². The molecule has 4 fully saturated rings. The summed E-state index contributed by atoms with van der Waals surface area (Å²) in [6.07, 6.45) is 11.3. The molecule has 28 heavy (non-hydrogen) atoms. The van der Waals surface area contributed by atoms with E-state index in [1.165, 1.54) is 44.9 Å². The Balaban J connectivity index is 1.55. The molecule has 0 spiro atoms. The number of esters is 1. The summed E-state index contributed by atoms with van der Waals surface area (Å²) in [4.78, 5) is 12.8. The zero-order valence-electron chi connectivity index (χ0n) is 17.4. The summed E-state index contributed by atoms with van der Waals surface area (Å²) in [6.45, 7) is 4.48. The van der Waals surface area contributed by atoms with Crippen molar-refractivity contribution in [1.29, 1.82) is 0 Å². The number of thioether (sulfide) groups is 1. The van der Waals surface area contributed by atoms with Crippen LogP contribution in [0.3, 0.4) is 0 Å². The second kappa shape index (κ2) is 9.21. The van der Waals surface area contributed by atoms with E-state index >= 15 is 0 Å². The summed E-state index contributed by atoms with van der Waals surface area (Å²) >= 11 is 2.09. The summed E-state index contributed by atoms with van der Waals surface area (Å²) in [6, 6.07) is 0.725. The number of rotatable bonds is 4. The van der Waals surface area contributed by atoms with Crippen LogP contribution in [0.4, 0.5) is 0 Å². The van der Waals surface area contributed by atoms with Crippen LogP contribution in [0, 0.1) is 11.8 Å². The fourth-order valence-corrected chi connectivity index (χ4v) is 7.76. The third kappa shape index (κ3) is 4.10. The highest BCUT2D eigenvalue weighted by atomic mass is 32.2. The number of nitrogens with two attached hydrogens (primary N) is 1. The molecule has 7 unspecified atom stereocenters. The van der Waals surface area contributed by atoms with Crippen LogP contribution >= 0.6 is 11.8 Å². The van der Waals surface area contributed by atoms with E-state index in [0.29, 0.717) is 29.3 Å². The summed E-state index contributed by atoms with van der Waals surface area (Å²) < 4.78 is 5.43. The lowest BCUT2D eigenvalue weighted by atomic mass is 9.81. The molecule has 160 valence electrons. The van der Waals surface area contributed by atoms with Crippen LogP contribution in [0.2, 0.25) is 0 Å². The number of carbonyl (C=O) groups is 1. The monoisotopic (exact) mass is 410 g/mol. The van der Waals surface area contributed by atoms with Crippen molar-refractivity contribution in [2.45, 2.75) is 107 Å². The molecule has 7 heteroatoms. The van der Waals surface area contributed by atoms with Crippen molar-refractivity contribution < 1.29 is 9.53 Å². The average molecular weight is 411 g/mol. The highest BCUT2D eigenvalue weighted by Crippen LogP contribution is 2.44. The van der Waals surface area contributed by atoms with Crippen LogP contribution in [-0.2, 0) is 9.53 Å². The van der Waals surface area contributed by atoms with Crippen LogP contribution in [0.25, 0.3) is 0 Å². The lowest BCUT2D eigenvalue weighted by Gasteiger charge is -2.51. The Kier molecular flexibility index (Phi) is 6.88. The maximum atomic E-state index is 12.8. The van der Waals surface area contributed by atoms with E-state index in [1.54, 1.807) is 0 Å². The smallest absolute Gasteiger partial charge is 0.324 e. The Hall–Kier alpha value is -0.340. The third-order valence-corrected chi connectivity index (χ3v) is 9.05. The fraction of sp³-hybridized carbons (Fsp3) is 0.952. The summed E-state index contributed by atoms with van der Waals surface area (Å²) in [5, 5.41) is 7.19. The summed E-state index contributed by atoms with van der Waals surface area (Å²) in [5.74, 6) is 0.236. The molecule has 2 saturated carbocycles. The molecular weight excluding hydrogens is 372 g/mol. The molecule has 0 bridgehead atoms. The Bertz CT molecular complexity index is 530. The predicted molar refractivity (Wildman–Crippen MR) is 113 cm³/mol. The highest BCUT2D eigenvalue weighted by molar-refractivity contribution is 8.00. The van der Waals surface area contributed by atoms with Gasteiger partial charge in [-0.15, -0.1) is 11.8 Å². The van der Waals surface area contributed by atoms with Crippen LogP contribution in [0.1, 0.15) is 71.6 Å². The van der Waals surface area contributed by atoms with Crippen molar-refractivity contribution in [2.75, 3.05) is 6.61 Å². The molecule has 0 aromatic carbocycles. The van der Waals surface area contributed by atoms with Crippen molar-refractivity contribution in [3.05, 3.63) is 0 Å². The lowest BCUT2D eigenvalue weighted by molar-refractivity contribution is -0.157. The van der Waals surface area contributed by atoms with E-state index in [0.717, 1.165) is 12.8 Å². The van der Waals surface area contributed by atoms with Crippen molar-refractivity contribution in [3.8, 4) is 0 Å². The minimum absolute atomic E-state index is 0.0751.